The number of piperidine rings is 1. The van der Waals surface area contributed by atoms with Crippen molar-refractivity contribution in [3.63, 3.8) is 0 Å². The molecule has 0 spiro atoms. The molecule has 8 heteroatoms. The molecular formula is C36H44N4O4. The highest BCUT2D eigenvalue weighted by atomic mass is 16.4. The first-order chi connectivity index (χ1) is 21.2. The smallest absolute Gasteiger partial charge is 0.323 e. The molecule has 44 heavy (non-hydrogen) atoms. The van der Waals surface area contributed by atoms with Crippen LogP contribution in [-0.2, 0) is 11.2 Å². The van der Waals surface area contributed by atoms with E-state index in [1.54, 1.807) is 24.3 Å². The quantitative estimate of drug-likeness (QED) is 0.138. The van der Waals surface area contributed by atoms with E-state index in [0.29, 0.717) is 29.6 Å². The first-order valence-corrected chi connectivity index (χ1v) is 15.5. The number of aromatic amines is 1. The van der Waals surface area contributed by atoms with Crippen molar-refractivity contribution in [1.29, 1.82) is 0 Å². The second kappa shape index (κ2) is 15.9. The minimum Gasteiger partial charge on any atom is -0.481 e. The molecule has 1 atom stereocenters. The molecule has 2 amide bonds. The number of nitrogens with zero attached hydrogens (tertiary/aromatic N) is 1. The summed E-state index contributed by atoms with van der Waals surface area (Å²) in [6.07, 6.45) is 7.78. The van der Waals surface area contributed by atoms with Crippen LogP contribution in [0.15, 0.2) is 79.0 Å². The zero-order chi connectivity index (χ0) is 31.5. The number of nitrogens with one attached hydrogen (secondary N) is 3. The summed E-state index contributed by atoms with van der Waals surface area (Å²) in [5.41, 5.74) is 5.42. The number of benzene rings is 3. The number of amides is 2. The number of carboxylic acid groups (broad SMARTS) is 1. The number of H-pyrrole nitrogens is 1. The molecule has 5 rings (SSSR count). The number of carbonyl (C=O) groups is 3. The standard InChI is InChI=1S/C27H34N4O2.C9H10O2/c1-4-6-18(2)31-13-11-20(12-14-31)25-17-28-26-10-9-23(16-24(25)26)30-27(33)29-22-8-5-7-21(15-22)19(3)32;10-9(11)7-6-8-4-2-1-3-5-8/h5,7-10,15-18,20,28H,4,6,11-14H2,1-3H3,(H2,29,30,33);1-5H,6-7H2,(H,10,11). The van der Waals surface area contributed by atoms with E-state index in [4.69, 9.17) is 5.11 Å². The summed E-state index contributed by atoms with van der Waals surface area (Å²) >= 11 is 0. The van der Waals surface area contributed by atoms with Crippen molar-refractivity contribution < 1.29 is 19.5 Å². The van der Waals surface area contributed by atoms with Crippen LogP contribution in [0.1, 0.15) is 80.3 Å². The number of ketones is 1. The molecule has 0 saturated carbocycles. The molecule has 1 fully saturated rings. The van der Waals surface area contributed by atoms with E-state index in [9.17, 15) is 14.4 Å². The lowest BCUT2D eigenvalue weighted by atomic mass is 9.88. The van der Waals surface area contributed by atoms with Crippen LogP contribution in [0.2, 0.25) is 0 Å². The van der Waals surface area contributed by atoms with Gasteiger partial charge in [-0.3, -0.25) is 9.59 Å². The summed E-state index contributed by atoms with van der Waals surface area (Å²) in [7, 11) is 0. The van der Waals surface area contributed by atoms with E-state index >= 15 is 0 Å². The number of Topliss-reactive ketones (excluding diaryl/α,β-unsaturated/α-hetero) is 1. The zero-order valence-corrected chi connectivity index (χ0v) is 25.9. The van der Waals surface area contributed by atoms with Crippen molar-refractivity contribution in [2.24, 2.45) is 0 Å². The normalized spacial score (nSPS) is 14.3. The number of fused-ring (bicyclic) bond motifs is 1. The van der Waals surface area contributed by atoms with Gasteiger partial charge in [0.05, 0.1) is 0 Å². The van der Waals surface area contributed by atoms with Gasteiger partial charge in [0.2, 0.25) is 0 Å². The molecule has 4 aromatic rings. The fraction of sp³-hybridized carbons (Fsp3) is 0.361. The molecule has 1 aromatic heterocycles. The van der Waals surface area contributed by atoms with E-state index in [0.717, 1.165) is 42.7 Å². The SMILES string of the molecule is CCCC(C)N1CCC(c2c[nH]c3ccc(NC(=O)Nc4cccc(C(C)=O)c4)cc23)CC1.O=C(O)CCc1ccccc1. The minimum absolute atomic E-state index is 0.0323. The van der Waals surface area contributed by atoms with Gasteiger partial charge in [-0.05, 0) is 100.0 Å². The maximum absolute atomic E-state index is 12.6. The maximum Gasteiger partial charge on any atom is 0.323 e. The fourth-order valence-electron chi connectivity index (χ4n) is 5.81. The number of aliphatic carboxylic acids is 1. The number of urea groups is 1. The monoisotopic (exact) mass is 596 g/mol. The van der Waals surface area contributed by atoms with Crippen molar-refractivity contribution in [3.8, 4) is 0 Å². The highest BCUT2D eigenvalue weighted by Gasteiger charge is 2.25. The number of rotatable bonds is 10. The average molecular weight is 597 g/mol. The molecule has 1 unspecified atom stereocenters. The maximum atomic E-state index is 12.6. The van der Waals surface area contributed by atoms with Gasteiger partial charge in [0, 0.05) is 46.5 Å². The number of aryl methyl sites for hydroxylation is 1. The lowest BCUT2D eigenvalue weighted by Gasteiger charge is -2.36. The summed E-state index contributed by atoms with van der Waals surface area (Å²) in [5.74, 6) is -0.244. The largest absolute Gasteiger partial charge is 0.481 e. The Kier molecular flexibility index (Phi) is 11.7. The van der Waals surface area contributed by atoms with E-state index in [1.165, 1.54) is 30.7 Å². The van der Waals surface area contributed by atoms with Crippen molar-refractivity contribution in [1.82, 2.24) is 9.88 Å². The van der Waals surface area contributed by atoms with Gasteiger partial charge in [-0.15, -0.1) is 0 Å². The molecule has 1 aliphatic heterocycles. The van der Waals surface area contributed by atoms with Crippen LogP contribution < -0.4 is 10.6 Å². The number of anilines is 2. The minimum atomic E-state index is -0.742. The number of carbonyl (C=O) groups excluding carboxylic acids is 2. The van der Waals surface area contributed by atoms with Crippen molar-refractivity contribution in [2.75, 3.05) is 23.7 Å². The summed E-state index contributed by atoms with van der Waals surface area (Å²) in [5, 5.41) is 15.3. The van der Waals surface area contributed by atoms with Gasteiger partial charge >= 0.3 is 12.0 Å². The Hall–Kier alpha value is -4.43. The Morgan fingerprint density at radius 3 is 2.32 bits per heavy atom. The summed E-state index contributed by atoms with van der Waals surface area (Å²) in [6.45, 7) is 8.38. The number of likely N-dealkylation sites (tertiary alicyclic amines) is 1. The van der Waals surface area contributed by atoms with Crippen LogP contribution in [0.5, 0.6) is 0 Å². The van der Waals surface area contributed by atoms with Crippen molar-refractivity contribution >= 4 is 40.1 Å². The van der Waals surface area contributed by atoms with Gasteiger partial charge in [0.25, 0.3) is 0 Å². The van der Waals surface area contributed by atoms with Gasteiger partial charge in [-0.25, -0.2) is 4.79 Å². The highest BCUT2D eigenvalue weighted by Crippen LogP contribution is 2.35. The molecular weight excluding hydrogens is 552 g/mol. The van der Waals surface area contributed by atoms with Crippen LogP contribution in [0.4, 0.5) is 16.2 Å². The summed E-state index contributed by atoms with van der Waals surface area (Å²) in [6, 6.07) is 22.9. The van der Waals surface area contributed by atoms with Gasteiger partial charge in [0.1, 0.15) is 0 Å². The van der Waals surface area contributed by atoms with E-state index < -0.39 is 5.97 Å². The third-order valence-electron chi connectivity index (χ3n) is 8.27. The fourth-order valence-corrected chi connectivity index (χ4v) is 5.81. The molecule has 3 aromatic carbocycles. The average Bonchev–Trinajstić information content (AvgIpc) is 3.44. The molecule has 2 heterocycles. The topological polar surface area (TPSA) is 115 Å². The Labute approximate surface area is 259 Å². The molecule has 232 valence electrons. The van der Waals surface area contributed by atoms with Crippen LogP contribution in [0.3, 0.4) is 0 Å². The Bertz CT molecular complexity index is 1540. The number of aromatic nitrogens is 1. The lowest BCUT2D eigenvalue weighted by Crippen LogP contribution is -2.39. The molecule has 0 radical (unpaired) electrons. The third-order valence-corrected chi connectivity index (χ3v) is 8.27. The Morgan fingerprint density at radius 2 is 1.66 bits per heavy atom. The first-order valence-electron chi connectivity index (χ1n) is 15.5. The summed E-state index contributed by atoms with van der Waals surface area (Å²) < 4.78 is 0. The molecule has 0 bridgehead atoms. The summed E-state index contributed by atoms with van der Waals surface area (Å²) in [4.78, 5) is 40.3. The van der Waals surface area contributed by atoms with Crippen molar-refractivity contribution in [2.45, 2.75) is 71.3 Å². The Balaban J connectivity index is 0.000000339. The van der Waals surface area contributed by atoms with Crippen LogP contribution in [-0.4, -0.2) is 51.9 Å². The molecule has 1 saturated heterocycles. The molecule has 1 aliphatic rings. The van der Waals surface area contributed by atoms with Gasteiger partial charge in [0.15, 0.2) is 5.78 Å². The predicted molar refractivity (Wildman–Crippen MR) is 178 cm³/mol. The van der Waals surface area contributed by atoms with Crippen LogP contribution in [0, 0.1) is 0 Å². The Morgan fingerprint density at radius 1 is 0.955 bits per heavy atom. The number of carboxylic acids is 1. The van der Waals surface area contributed by atoms with Gasteiger partial charge in [-0.1, -0.05) is 55.8 Å². The number of hydrogen-bond donors (Lipinski definition) is 4. The van der Waals surface area contributed by atoms with Crippen molar-refractivity contribution in [3.05, 3.63) is 95.7 Å². The number of hydrogen-bond acceptors (Lipinski definition) is 4. The highest BCUT2D eigenvalue weighted by molar-refractivity contribution is 6.02. The second-order valence-electron chi connectivity index (χ2n) is 11.5. The first kappa shape index (κ1) is 32.5. The van der Waals surface area contributed by atoms with E-state index in [2.05, 4.69) is 46.6 Å². The van der Waals surface area contributed by atoms with Crippen LogP contribution in [0.25, 0.3) is 10.9 Å². The molecule has 8 nitrogen and oxygen atoms in total. The molecule has 4 N–H and O–H groups in total. The zero-order valence-electron chi connectivity index (χ0n) is 25.9. The van der Waals surface area contributed by atoms with E-state index in [1.807, 2.05) is 42.5 Å². The third kappa shape index (κ3) is 9.28. The van der Waals surface area contributed by atoms with Gasteiger partial charge in [-0.2, -0.15) is 0 Å². The molecule has 0 aliphatic carbocycles. The second-order valence-corrected chi connectivity index (χ2v) is 11.5. The van der Waals surface area contributed by atoms with E-state index in [-0.39, 0.29) is 18.2 Å². The van der Waals surface area contributed by atoms with Crippen LogP contribution >= 0.6 is 0 Å². The predicted octanol–water partition coefficient (Wildman–Crippen LogP) is 8.09. The van der Waals surface area contributed by atoms with Gasteiger partial charge < -0.3 is 25.6 Å². The lowest BCUT2D eigenvalue weighted by molar-refractivity contribution is -0.136.